The van der Waals surface area contributed by atoms with Gasteiger partial charge in [-0.1, -0.05) is 6.08 Å². The van der Waals surface area contributed by atoms with Gasteiger partial charge in [0.05, 0.1) is 0 Å². The Morgan fingerprint density at radius 2 is 2.04 bits per heavy atom. The molecule has 0 radical (unpaired) electrons. The number of benzene rings is 1. The number of anilines is 3. The third-order valence-electron chi connectivity index (χ3n) is 4.82. The van der Waals surface area contributed by atoms with Crippen molar-refractivity contribution in [2.45, 2.75) is 19.8 Å². The number of hydrogen-bond donors (Lipinski definition) is 2. The lowest BCUT2D eigenvalue weighted by atomic mass is 9.99. The lowest BCUT2D eigenvalue weighted by molar-refractivity contribution is 0.173. The molecule has 2 aliphatic heterocycles. The molecule has 7 nitrogen and oxygen atoms in total. The van der Waals surface area contributed by atoms with Gasteiger partial charge in [0.1, 0.15) is 5.82 Å². The third-order valence-corrected chi connectivity index (χ3v) is 4.82. The fourth-order valence-electron chi connectivity index (χ4n) is 3.45. The molecular weight excluding hydrogens is 342 g/mol. The Morgan fingerprint density at radius 1 is 1.15 bits per heavy atom. The zero-order chi connectivity index (χ0) is 18.8. The number of nitrogens with zero attached hydrogens (tertiary/aromatic N) is 3. The summed E-state index contributed by atoms with van der Waals surface area (Å²) in [5.41, 5.74) is 4.17. The molecule has 7 heteroatoms. The number of nitrogens with one attached hydrogen (secondary N) is 2. The number of ether oxygens (including phenoxy) is 2. The predicted molar refractivity (Wildman–Crippen MR) is 107 cm³/mol. The second kappa shape index (κ2) is 7.44. The summed E-state index contributed by atoms with van der Waals surface area (Å²) in [7, 11) is 4.00. The van der Waals surface area contributed by atoms with E-state index in [9.17, 15) is 0 Å². The lowest BCUT2D eigenvalue weighted by Crippen LogP contribution is -2.17. The highest BCUT2D eigenvalue weighted by molar-refractivity contribution is 5.78. The molecule has 4 rings (SSSR count). The average Bonchev–Trinajstić information content (AvgIpc) is 3.01. The Kier molecular flexibility index (Phi) is 4.85. The normalized spacial score (nSPS) is 16.6. The molecule has 3 heterocycles. The molecule has 0 saturated heterocycles. The number of aryl methyl sites for hydroxylation is 1. The van der Waals surface area contributed by atoms with Gasteiger partial charge in [-0.3, -0.25) is 0 Å². The highest BCUT2D eigenvalue weighted by Crippen LogP contribution is 2.43. The van der Waals surface area contributed by atoms with Gasteiger partial charge in [-0.15, -0.1) is 0 Å². The molecule has 0 fully saturated rings. The van der Waals surface area contributed by atoms with E-state index in [2.05, 4.69) is 44.7 Å². The summed E-state index contributed by atoms with van der Waals surface area (Å²) in [6.45, 7) is 4.24. The van der Waals surface area contributed by atoms with E-state index < -0.39 is 0 Å². The number of fused-ring (bicyclic) bond motifs is 1. The van der Waals surface area contributed by atoms with Crippen LogP contribution in [0.3, 0.4) is 0 Å². The predicted octanol–water partition coefficient (Wildman–Crippen LogP) is 3.41. The molecule has 0 bridgehead atoms. The van der Waals surface area contributed by atoms with Crippen molar-refractivity contribution in [1.82, 2.24) is 14.9 Å². The molecule has 142 valence electrons. The van der Waals surface area contributed by atoms with Crippen LogP contribution in [-0.4, -0.2) is 48.8 Å². The van der Waals surface area contributed by atoms with Gasteiger partial charge in [0.25, 0.3) is 0 Å². The molecule has 1 aromatic carbocycles. The second-order valence-electron chi connectivity index (χ2n) is 6.95. The molecule has 0 atom stereocenters. The first-order valence-electron chi connectivity index (χ1n) is 9.24. The van der Waals surface area contributed by atoms with Crippen LogP contribution in [0.15, 0.2) is 24.3 Å². The molecule has 0 spiro atoms. The number of allylic oxidation sites excluding steroid dienone is 1. The van der Waals surface area contributed by atoms with E-state index in [0.717, 1.165) is 60.2 Å². The van der Waals surface area contributed by atoms with Crippen LogP contribution in [-0.2, 0) is 0 Å². The maximum atomic E-state index is 5.77. The van der Waals surface area contributed by atoms with Crippen molar-refractivity contribution < 1.29 is 9.47 Å². The van der Waals surface area contributed by atoms with E-state index in [0.29, 0.717) is 5.95 Å². The molecule has 0 aliphatic carbocycles. The van der Waals surface area contributed by atoms with Crippen LogP contribution in [0.5, 0.6) is 11.5 Å². The van der Waals surface area contributed by atoms with Crippen molar-refractivity contribution in [2.24, 2.45) is 0 Å². The molecular formula is C20H25N5O2. The van der Waals surface area contributed by atoms with Gasteiger partial charge in [-0.2, -0.15) is 4.98 Å². The van der Waals surface area contributed by atoms with Crippen LogP contribution >= 0.6 is 0 Å². The first kappa shape index (κ1) is 17.6. The Labute approximate surface area is 159 Å². The second-order valence-corrected chi connectivity index (χ2v) is 6.95. The van der Waals surface area contributed by atoms with E-state index in [-0.39, 0.29) is 6.79 Å². The molecule has 27 heavy (non-hydrogen) atoms. The number of hydrogen-bond acceptors (Lipinski definition) is 7. The lowest BCUT2D eigenvalue weighted by Gasteiger charge is -2.13. The van der Waals surface area contributed by atoms with Crippen LogP contribution < -0.4 is 20.1 Å². The third kappa shape index (κ3) is 3.83. The van der Waals surface area contributed by atoms with Crippen LogP contribution in [0.25, 0.3) is 5.57 Å². The smallest absolute Gasteiger partial charge is 0.231 e. The van der Waals surface area contributed by atoms with Crippen LogP contribution in [0, 0.1) is 6.92 Å². The Balaban J connectivity index is 1.70. The summed E-state index contributed by atoms with van der Waals surface area (Å²) >= 11 is 0. The van der Waals surface area contributed by atoms with E-state index in [1.165, 1.54) is 5.57 Å². The maximum Gasteiger partial charge on any atom is 0.231 e. The minimum atomic E-state index is 0.254. The van der Waals surface area contributed by atoms with E-state index in [4.69, 9.17) is 9.47 Å². The summed E-state index contributed by atoms with van der Waals surface area (Å²) in [6.07, 6.45) is 4.44. The molecule has 2 aromatic rings. The summed E-state index contributed by atoms with van der Waals surface area (Å²) in [6, 6.07) is 5.96. The van der Waals surface area contributed by atoms with Crippen LogP contribution in [0.1, 0.15) is 24.1 Å². The SMILES string of the molecule is CNc1cc(C)nc(Nc2cc3c(c(C4=CCN(C)CCC4)c2)OCO3)n1. The maximum absolute atomic E-state index is 5.77. The van der Waals surface area contributed by atoms with Crippen molar-refractivity contribution in [3.05, 3.63) is 35.5 Å². The highest BCUT2D eigenvalue weighted by Gasteiger charge is 2.22. The summed E-state index contributed by atoms with van der Waals surface area (Å²) in [5, 5.41) is 6.38. The van der Waals surface area contributed by atoms with Crippen molar-refractivity contribution in [1.29, 1.82) is 0 Å². The van der Waals surface area contributed by atoms with Gasteiger partial charge in [-0.05, 0) is 45.0 Å². The first-order valence-corrected chi connectivity index (χ1v) is 9.24. The first-order chi connectivity index (χ1) is 13.1. The zero-order valence-electron chi connectivity index (χ0n) is 16.0. The topological polar surface area (TPSA) is 71.5 Å². The van der Waals surface area contributed by atoms with Gasteiger partial charge in [0, 0.05) is 42.7 Å². The van der Waals surface area contributed by atoms with E-state index in [1.807, 2.05) is 26.1 Å². The standard InChI is InChI=1S/C20H25N5O2/c1-13-9-18(21-2)24-20(22-13)23-15-10-16(19-17(11-15)26-12-27-19)14-5-4-7-25(3)8-6-14/h6,9-11H,4-5,7-8,12H2,1-3H3,(H2,21,22,23,24). The fourth-order valence-corrected chi connectivity index (χ4v) is 3.45. The summed E-state index contributed by atoms with van der Waals surface area (Å²) in [5.74, 6) is 2.92. The van der Waals surface area contributed by atoms with Gasteiger partial charge in [0.2, 0.25) is 12.7 Å². The van der Waals surface area contributed by atoms with Gasteiger partial charge in [-0.25, -0.2) is 4.98 Å². The van der Waals surface area contributed by atoms with Crippen molar-refractivity contribution in [2.75, 3.05) is 44.6 Å². The fraction of sp³-hybridized carbons (Fsp3) is 0.400. The number of aromatic nitrogens is 2. The van der Waals surface area contributed by atoms with Crippen LogP contribution in [0.4, 0.5) is 17.5 Å². The monoisotopic (exact) mass is 367 g/mol. The summed E-state index contributed by atoms with van der Waals surface area (Å²) < 4.78 is 11.4. The molecule has 2 aliphatic rings. The van der Waals surface area contributed by atoms with E-state index in [1.54, 1.807) is 0 Å². The minimum Gasteiger partial charge on any atom is -0.453 e. The molecule has 2 N–H and O–H groups in total. The Hall–Kier alpha value is -2.80. The Morgan fingerprint density at radius 3 is 2.89 bits per heavy atom. The van der Waals surface area contributed by atoms with Gasteiger partial charge < -0.3 is 25.0 Å². The van der Waals surface area contributed by atoms with E-state index >= 15 is 0 Å². The zero-order valence-corrected chi connectivity index (χ0v) is 16.0. The van der Waals surface area contributed by atoms with Crippen molar-refractivity contribution in [3.8, 4) is 11.5 Å². The Bertz CT molecular complexity index is 881. The van der Waals surface area contributed by atoms with Gasteiger partial charge in [0.15, 0.2) is 11.5 Å². The number of rotatable bonds is 4. The quantitative estimate of drug-likeness (QED) is 0.858. The van der Waals surface area contributed by atoms with Gasteiger partial charge >= 0.3 is 0 Å². The average molecular weight is 367 g/mol. The molecule has 1 aromatic heterocycles. The largest absolute Gasteiger partial charge is 0.453 e. The summed E-state index contributed by atoms with van der Waals surface area (Å²) in [4.78, 5) is 11.3. The minimum absolute atomic E-state index is 0.254. The number of likely N-dealkylation sites (N-methyl/N-ethyl adjacent to an activating group) is 1. The highest BCUT2D eigenvalue weighted by atomic mass is 16.7. The van der Waals surface area contributed by atoms with Crippen molar-refractivity contribution in [3.63, 3.8) is 0 Å². The van der Waals surface area contributed by atoms with Crippen molar-refractivity contribution >= 4 is 23.0 Å². The van der Waals surface area contributed by atoms with Crippen LogP contribution in [0.2, 0.25) is 0 Å². The molecule has 0 unspecified atom stereocenters. The molecule has 0 saturated carbocycles. The molecule has 0 amide bonds.